The first-order valence-corrected chi connectivity index (χ1v) is 12.0. The Labute approximate surface area is 227 Å². The molecule has 0 saturated carbocycles. The van der Waals surface area contributed by atoms with Gasteiger partial charge in [-0.15, -0.1) is 0 Å². The van der Waals surface area contributed by atoms with E-state index in [2.05, 4.69) is 5.32 Å². The van der Waals surface area contributed by atoms with E-state index in [1.807, 2.05) is 36.4 Å². The maximum absolute atomic E-state index is 13.9. The first-order chi connectivity index (χ1) is 19.0. The van der Waals surface area contributed by atoms with Crippen LogP contribution < -0.4 is 33.7 Å². The summed E-state index contributed by atoms with van der Waals surface area (Å²) in [5.41, 5.74) is 2.93. The van der Waals surface area contributed by atoms with E-state index in [9.17, 15) is 4.79 Å². The molecule has 0 unspecified atom stereocenters. The lowest BCUT2D eigenvalue weighted by Crippen LogP contribution is -2.16. The fraction of sp³-hybridized carbons (Fsp3) is 0.233. The number of carbonyl (C=O) groups is 1. The Morgan fingerprint density at radius 2 is 1.31 bits per heavy atom. The number of furan rings is 1. The molecule has 1 heterocycles. The van der Waals surface area contributed by atoms with Crippen LogP contribution in [0.1, 0.15) is 21.7 Å². The summed E-state index contributed by atoms with van der Waals surface area (Å²) in [5, 5.41) is 3.44. The van der Waals surface area contributed by atoms with Crippen LogP contribution in [0.5, 0.6) is 34.5 Å². The van der Waals surface area contributed by atoms with Crippen LogP contribution in [0.15, 0.2) is 76.5 Å². The zero-order valence-electron chi connectivity index (χ0n) is 22.7. The number of rotatable bonds is 12. The van der Waals surface area contributed by atoms with E-state index in [1.165, 1.54) is 21.3 Å². The largest absolute Gasteiger partial charge is 0.493 e. The summed E-state index contributed by atoms with van der Waals surface area (Å²) < 4.78 is 38.5. The number of hydrogen-bond donors (Lipinski definition) is 1. The SMILES string of the molecule is COc1cc(C(=O)C2=CC=CC2=C(NCc2ccco2)c2cc(OC)c(OC)c(OC)c2)cc(OC)c1OC. The maximum atomic E-state index is 13.9. The van der Waals surface area contributed by atoms with E-state index in [0.717, 1.165) is 11.3 Å². The molecule has 0 atom stereocenters. The minimum absolute atomic E-state index is 0.223. The number of Topliss-reactive ketones (excluding diaryl/α,β-unsaturated/α-hetero) is 1. The van der Waals surface area contributed by atoms with Gasteiger partial charge in [0.2, 0.25) is 11.5 Å². The van der Waals surface area contributed by atoms with Crippen LogP contribution >= 0.6 is 0 Å². The average molecular weight is 534 g/mol. The van der Waals surface area contributed by atoms with Gasteiger partial charge in [0.1, 0.15) is 5.76 Å². The van der Waals surface area contributed by atoms with E-state index in [4.69, 9.17) is 32.8 Å². The summed E-state index contributed by atoms with van der Waals surface area (Å²) in [5.74, 6) is 3.11. The number of carbonyl (C=O) groups excluding carboxylic acids is 1. The van der Waals surface area contributed by atoms with Gasteiger partial charge in [0.15, 0.2) is 28.8 Å². The first kappa shape index (κ1) is 27.3. The van der Waals surface area contributed by atoms with E-state index >= 15 is 0 Å². The zero-order chi connectivity index (χ0) is 27.9. The second-order valence-corrected chi connectivity index (χ2v) is 8.32. The summed E-state index contributed by atoms with van der Waals surface area (Å²) in [7, 11) is 9.19. The summed E-state index contributed by atoms with van der Waals surface area (Å²) >= 11 is 0. The van der Waals surface area contributed by atoms with Gasteiger partial charge in [-0.2, -0.15) is 0 Å². The topological polar surface area (TPSA) is 97.6 Å². The van der Waals surface area contributed by atoms with Crippen molar-refractivity contribution in [2.75, 3.05) is 42.7 Å². The molecule has 0 bridgehead atoms. The lowest BCUT2D eigenvalue weighted by Gasteiger charge is -2.19. The summed E-state index contributed by atoms with van der Waals surface area (Å²) in [6.45, 7) is 0.377. The Morgan fingerprint density at radius 3 is 1.77 bits per heavy atom. The second-order valence-electron chi connectivity index (χ2n) is 8.32. The number of hydrogen-bond acceptors (Lipinski definition) is 9. The Kier molecular flexibility index (Phi) is 8.50. The normalized spacial score (nSPS) is 13.4. The Balaban J connectivity index is 1.85. The Bertz CT molecular complexity index is 1380. The number of nitrogens with one attached hydrogen (secondary N) is 1. The highest BCUT2D eigenvalue weighted by molar-refractivity contribution is 6.15. The van der Waals surface area contributed by atoms with Crippen molar-refractivity contribution < 1.29 is 37.6 Å². The summed E-state index contributed by atoms with van der Waals surface area (Å²) in [6.07, 6.45) is 7.08. The number of methoxy groups -OCH3 is 6. The van der Waals surface area contributed by atoms with Crippen molar-refractivity contribution in [3.8, 4) is 34.5 Å². The van der Waals surface area contributed by atoms with Gasteiger partial charge in [0.25, 0.3) is 0 Å². The lowest BCUT2D eigenvalue weighted by atomic mass is 9.94. The zero-order valence-corrected chi connectivity index (χ0v) is 22.7. The molecular formula is C30H31NO8. The summed E-state index contributed by atoms with van der Waals surface area (Å²) in [6, 6.07) is 10.6. The van der Waals surface area contributed by atoms with Gasteiger partial charge >= 0.3 is 0 Å². The Morgan fingerprint density at radius 1 is 0.769 bits per heavy atom. The molecule has 0 aliphatic heterocycles. The number of benzene rings is 2. The van der Waals surface area contributed by atoms with Gasteiger partial charge in [-0.05, 0) is 36.4 Å². The van der Waals surface area contributed by atoms with Crippen LogP contribution in [0.3, 0.4) is 0 Å². The van der Waals surface area contributed by atoms with Gasteiger partial charge in [0.05, 0.1) is 61.2 Å². The molecule has 0 saturated heterocycles. The van der Waals surface area contributed by atoms with Crippen molar-refractivity contribution >= 4 is 11.5 Å². The highest BCUT2D eigenvalue weighted by Gasteiger charge is 2.26. The second kappa shape index (κ2) is 12.2. The van der Waals surface area contributed by atoms with Crippen LogP contribution in [-0.4, -0.2) is 48.4 Å². The quantitative estimate of drug-likeness (QED) is 0.315. The molecule has 1 aliphatic rings. The maximum Gasteiger partial charge on any atom is 0.203 e. The molecule has 2 aromatic carbocycles. The summed E-state index contributed by atoms with van der Waals surface area (Å²) in [4.78, 5) is 13.9. The third kappa shape index (κ3) is 5.43. The van der Waals surface area contributed by atoms with Gasteiger partial charge in [0, 0.05) is 22.3 Å². The number of allylic oxidation sites excluding steroid dienone is 5. The van der Waals surface area contributed by atoms with Gasteiger partial charge in [-0.1, -0.05) is 18.2 Å². The third-order valence-electron chi connectivity index (χ3n) is 6.23. The molecule has 0 spiro atoms. The van der Waals surface area contributed by atoms with Crippen LogP contribution in [-0.2, 0) is 6.54 Å². The molecule has 3 aromatic rings. The fourth-order valence-electron chi connectivity index (χ4n) is 4.37. The highest BCUT2D eigenvalue weighted by atomic mass is 16.5. The standard InChI is InChI=1S/C30H31NO8/c1-33-23-13-18(14-24(34-2)29(23)37-5)27(31-17-20-9-8-12-39-20)21-10-7-11-22(21)28(32)19-15-25(35-3)30(38-6)26(16-19)36-4/h7-16,31H,17H2,1-6H3. The molecule has 1 N–H and O–H groups in total. The van der Waals surface area contributed by atoms with Crippen molar-refractivity contribution in [3.05, 3.63) is 88.9 Å². The van der Waals surface area contributed by atoms with Crippen LogP contribution in [0, 0.1) is 0 Å². The molecule has 9 heteroatoms. The lowest BCUT2D eigenvalue weighted by molar-refractivity contribution is 0.103. The van der Waals surface area contributed by atoms with Crippen LogP contribution in [0.4, 0.5) is 0 Å². The molecule has 1 aromatic heterocycles. The molecule has 0 fully saturated rings. The van der Waals surface area contributed by atoms with Crippen molar-refractivity contribution in [2.24, 2.45) is 0 Å². The smallest absolute Gasteiger partial charge is 0.203 e. The first-order valence-electron chi connectivity index (χ1n) is 12.0. The van der Waals surface area contributed by atoms with E-state index in [-0.39, 0.29) is 5.78 Å². The molecule has 204 valence electrons. The molecule has 0 radical (unpaired) electrons. The minimum atomic E-state index is -0.223. The molecule has 9 nitrogen and oxygen atoms in total. The van der Waals surface area contributed by atoms with E-state index < -0.39 is 0 Å². The van der Waals surface area contributed by atoms with Gasteiger partial charge < -0.3 is 38.2 Å². The molecule has 1 aliphatic carbocycles. The van der Waals surface area contributed by atoms with Crippen molar-refractivity contribution in [2.45, 2.75) is 6.54 Å². The third-order valence-corrected chi connectivity index (χ3v) is 6.23. The van der Waals surface area contributed by atoms with Crippen LogP contribution in [0.25, 0.3) is 5.70 Å². The average Bonchev–Trinajstić information content (AvgIpc) is 3.68. The highest BCUT2D eigenvalue weighted by Crippen LogP contribution is 2.42. The van der Waals surface area contributed by atoms with Crippen molar-refractivity contribution in [3.63, 3.8) is 0 Å². The number of ketones is 1. The van der Waals surface area contributed by atoms with E-state index in [0.29, 0.717) is 63.4 Å². The van der Waals surface area contributed by atoms with Gasteiger partial charge in [-0.25, -0.2) is 0 Å². The number of ether oxygens (including phenoxy) is 6. The monoisotopic (exact) mass is 533 g/mol. The predicted octanol–water partition coefficient (Wildman–Crippen LogP) is 5.21. The van der Waals surface area contributed by atoms with Crippen LogP contribution in [0.2, 0.25) is 0 Å². The van der Waals surface area contributed by atoms with Gasteiger partial charge in [-0.3, -0.25) is 4.79 Å². The fourth-order valence-corrected chi connectivity index (χ4v) is 4.37. The Hall–Kier alpha value is -4.79. The van der Waals surface area contributed by atoms with Crippen molar-refractivity contribution in [1.29, 1.82) is 0 Å². The minimum Gasteiger partial charge on any atom is -0.493 e. The predicted molar refractivity (Wildman–Crippen MR) is 146 cm³/mol. The molecule has 4 rings (SSSR count). The molecule has 0 amide bonds. The van der Waals surface area contributed by atoms with E-state index in [1.54, 1.807) is 45.8 Å². The molecular weight excluding hydrogens is 502 g/mol. The molecule has 39 heavy (non-hydrogen) atoms. The van der Waals surface area contributed by atoms with Crippen molar-refractivity contribution in [1.82, 2.24) is 5.32 Å².